The topological polar surface area (TPSA) is 159 Å². The van der Waals surface area contributed by atoms with Crippen molar-refractivity contribution < 1.29 is 34.1 Å². The molecule has 154 valence electrons. The van der Waals surface area contributed by atoms with Gasteiger partial charge in [0.2, 0.25) is 11.8 Å². The van der Waals surface area contributed by atoms with Gasteiger partial charge in [-0.25, -0.2) is 4.79 Å². The van der Waals surface area contributed by atoms with Crippen LogP contribution in [0, 0.1) is 5.92 Å². The highest BCUT2D eigenvalue weighted by molar-refractivity contribution is 8.03. The summed E-state index contributed by atoms with van der Waals surface area (Å²) in [5, 5.41) is 21.1. The number of amides is 3. The van der Waals surface area contributed by atoms with E-state index >= 15 is 0 Å². The van der Waals surface area contributed by atoms with Crippen molar-refractivity contribution in [3.05, 3.63) is 40.6 Å². The highest BCUT2D eigenvalue weighted by Gasteiger charge is 2.58. The number of ether oxygens (including phenoxy) is 1. The van der Waals surface area contributed by atoms with Crippen LogP contribution in [0.4, 0.5) is 0 Å². The summed E-state index contributed by atoms with van der Waals surface area (Å²) >= 11 is 1.05. The van der Waals surface area contributed by atoms with Crippen LogP contribution in [0.5, 0.6) is 5.75 Å². The number of rotatable bonds is 7. The van der Waals surface area contributed by atoms with E-state index in [1.165, 1.54) is 38.1 Å². The molecule has 3 amide bonds. The number of benzene rings is 1. The second-order valence-corrected chi connectivity index (χ2v) is 7.74. The minimum atomic E-state index is -1.32. The minimum Gasteiger partial charge on any atom is -0.476 e. The number of carboxylic acid groups (broad SMARTS) is 1. The number of fused-ring (bicyclic) bond motifs is 1. The van der Waals surface area contributed by atoms with Gasteiger partial charge in [0.15, 0.2) is 10.8 Å². The van der Waals surface area contributed by atoms with E-state index in [1.54, 1.807) is 0 Å². The summed E-state index contributed by atoms with van der Waals surface area (Å²) in [5.41, 5.74) is 5.08. The first-order chi connectivity index (χ1) is 13.6. The summed E-state index contributed by atoms with van der Waals surface area (Å²) in [6.07, 6.45) is -0.911. The number of primary amides is 1. The second-order valence-electron chi connectivity index (χ2n) is 6.65. The Bertz CT molecular complexity index is 913. The summed E-state index contributed by atoms with van der Waals surface area (Å²) < 4.78 is 5.64. The van der Waals surface area contributed by atoms with Crippen molar-refractivity contribution in [3.63, 3.8) is 0 Å². The number of aliphatic carboxylic acids is 1. The molecule has 1 fully saturated rings. The first kappa shape index (κ1) is 20.7. The number of aliphatic hydroxyl groups excluding tert-OH is 1. The van der Waals surface area contributed by atoms with Crippen LogP contribution in [0.2, 0.25) is 0 Å². The molecule has 5 N–H and O–H groups in total. The summed E-state index contributed by atoms with van der Waals surface area (Å²) in [6.45, 7) is 2.93. The van der Waals surface area contributed by atoms with Crippen molar-refractivity contribution in [2.24, 2.45) is 11.7 Å². The average Bonchev–Trinajstić information content (AvgIpc) is 2.95. The molecular formula is C18H19N3O7S. The number of aliphatic hydroxyl groups is 1. The van der Waals surface area contributed by atoms with E-state index in [4.69, 9.17) is 10.5 Å². The van der Waals surface area contributed by atoms with Crippen molar-refractivity contribution in [1.29, 1.82) is 0 Å². The molecule has 0 aromatic heterocycles. The summed E-state index contributed by atoms with van der Waals surface area (Å²) in [7, 11) is 0. The van der Waals surface area contributed by atoms with Crippen LogP contribution in [0.3, 0.4) is 0 Å². The fourth-order valence-corrected chi connectivity index (χ4v) is 4.42. The van der Waals surface area contributed by atoms with Crippen LogP contribution in [-0.4, -0.2) is 56.3 Å². The van der Waals surface area contributed by atoms with E-state index < -0.39 is 47.1 Å². The number of hydrogen-bond donors (Lipinski definition) is 4. The second kappa shape index (κ2) is 7.76. The van der Waals surface area contributed by atoms with E-state index in [9.17, 15) is 29.4 Å². The van der Waals surface area contributed by atoms with Crippen LogP contribution in [-0.2, 0) is 14.4 Å². The molecular weight excluding hydrogens is 402 g/mol. The zero-order valence-corrected chi connectivity index (χ0v) is 16.3. The number of nitrogens with one attached hydrogen (secondary N) is 1. The molecule has 1 aromatic rings. The van der Waals surface area contributed by atoms with Crippen LogP contribution < -0.4 is 15.8 Å². The summed E-state index contributed by atoms with van der Waals surface area (Å²) in [4.78, 5) is 48.0. The zero-order chi connectivity index (χ0) is 21.5. The predicted molar refractivity (Wildman–Crippen MR) is 101 cm³/mol. The Morgan fingerprint density at radius 2 is 1.86 bits per heavy atom. The molecule has 1 saturated heterocycles. The number of carboxylic acids is 1. The summed E-state index contributed by atoms with van der Waals surface area (Å²) in [5.74, 6) is -3.39. The average molecular weight is 421 g/mol. The zero-order valence-electron chi connectivity index (χ0n) is 15.5. The standard InChI is InChI=1S/C18H19N3O7S/c1-7(13(19)23)20-14(24)9-3-5-10(6-4-9)28-18-12(17(26)27)21-15(25)11(8(2)22)16(21)29-18/h3-8,11,16,22H,1-2H3,(H2,19,23)(H,20,24)(H,26,27)/t7?,8-,11+,16-/m1/s1. The molecule has 0 aliphatic carbocycles. The Morgan fingerprint density at radius 1 is 1.24 bits per heavy atom. The third kappa shape index (κ3) is 3.78. The molecule has 0 bridgehead atoms. The van der Waals surface area contributed by atoms with Crippen LogP contribution in [0.15, 0.2) is 35.1 Å². The molecule has 1 unspecified atom stereocenters. The highest BCUT2D eigenvalue weighted by Crippen LogP contribution is 2.50. The van der Waals surface area contributed by atoms with Gasteiger partial charge in [0.1, 0.15) is 17.2 Å². The lowest BCUT2D eigenvalue weighted by molar-refractivity contribution is -0.156. The predicted octanol–water partition coefficient (Wildman–Crippen LogP) is -0.165. The van der Waals surface area contributed by atoms with Crippen molar-refractivity contribution in [1.82, 2.24) is 10.2 Å². The van der Waals surface area contributed by atoms with Gasteiger partial charge in [-0.1, -0.05) is 11.8 Å². The summed E-state index contributed by atoms with van der Waals surface area (Å²) in [6, 6.07) is 4.97. The molecule has 2 aliphatic heterocycles. The van der Waals surface area contributed by atoms with Gasteiger partial charge in [-0.15, -0.1) is 0 Å². The Balaban J connectivity index is 1.75. The molecule has 29 heavy (non-hydrogen) atoms. The quantitative estimate of drug-likeness (QED) is 0.442. The number of carbonyl (C=O) groups excluding carboxylic acids is 3. The minimum absolute atomic E-state index is 0.0264. The number of thioether (sulfide) groups is 1. The van der Waals surface area contributed by atoms with Crippen LogP contribution in [0.25, 0.3) is 0 Å². The largest absolute Gasteiger partial charge is 0.476 e. The van der Waals surface area contributed by atoms with Gasteiger partial charge in [0.25, 0.3) is 5.91 Å². The lowest BCUT2D eigenvalue weighted by Crippen LogP contribution is -2.60. The van der Waals surface area contributed by atoms with E-state index in [2.05, 4.69) is 5.32 Å². The third-order valence-electron chi connectivity index (χ3n) is 4.57. The molecule has 0 saturated carbocycles. The van der Waals surface area contributed by atoms with Gasteiger partial charge in [-0.2, -0.15) is 0 Å². The lowest BCUT2D eigenvalue weighted by atomic mass is 9.92. The number of nitrogens with zero attached hydrogens (tertiary/aromatic N) is 1. The van der Waals surface area contributed by atoms with E-state index in [0.29, 0.717) is 0 Å². The van der Waals surface area contributed by atoms with Gasteiger partial charge in [0, 0.05) is 5.56 Å². The fourth-order valence-electron chi connectivity index (χ4n) is 2.95. The van der Waals surface area contributed by atoms with Crippen molar-refractivity contribution in [2.75, 3.05) is 0 Å². The van der Waals surface area contributed by atoms with Crippen molar-refractivity contribution in [2.45, 2.75) is 31.4 Å². The maximum atomic E-state index is 12.2. The molecule has 2 aliphatic rings. The van der Waals surface area contributed by atoms with Crippen molar-refractivity contribution in [3.8, 4) is 5.75 Å². The van der Waals surface area contributed by atoms with E-state index in [0.717, 1.165) is 16.7 Å². The van der Waals surface area contributed by atoms with Gasteiger partial charge < -0.3 is 26.0 Å². The van der Waals surface area contributed by atoms with Crippen LogP contribution >= 0.6 is 11.8 Å². The first-order valence-electron chi connectivity index (χ1n) is 8.65. The Morgan fingerprint density at radius 3 is 2.38 bits per heavy atom. The molecule has 0 radical (unpaired) electrons. The molecule has 3 rings (SSSR count). The number of nitrogens with two attached hydrogens (primary N) is 1. The monoisotopic (exact) mass is 421 g/mol. The lowest BCUT2D eigenvalue weighted by Gasteiger charge is -2.43. The smallest absolute Gasteiger partial charge is 0.357 e. The third-order valence-corrected chi connectivity index (χ3v) is 5.81. The molecule has 4 atom stereocenters. The Kier molecular flexibility index (Phi) is 5.53. The normalized spacial score (nSPS) is 22.4. The number of hydrogen-bond acceptors (Lipinski definition) is 7. The van der Waals surface area contributed by atoms with Gasteiger partial charge >= 0.3 is 5.97 Å². The van der Waals surface area contributed by atoms with E-state index in [-0.39, 0.29) is 22.1 Å². The number of β-lactam (4-membered cyclic amide) rings is 1. The van der Waals surface area contributed by atoms with Gasteiger partial charge in [-0.05, 0) is 38.1 Å². The molecule has 2 heterocycles. The molecule has 1 aromatic carbocycles. The van der Waals surface area contributed by atoms with E-state index in [1.807, 2.05) is 0 Å². The molecule has 10 nitrogen and oxygen atoms in total. The van der Waals surface area contributed by atoms with Gasteiger partial charge in [0.05, 0.1) is 12.0 Å². The number of carbonyl (C=O) groups is 4. The van der Waals surface area contributed by atoms with Crippen LogP contribution in [0.1, 0.15) is 24.2 Å². The Labute approximate surface area is 169 Å². The molecule has 11 heteroatoms. The molecule has 0 spiro atoms. The van der Waals surface area contributed by atoms with Crippen molar-refractivity contribution >= 4 is 35.5 Å². The fraction of sp³-hybridized carbons (Fsp3) is 0.333. The maximum Gasteiger partial charge on any atom is 0.357 e. The first-order valence-corrected chi connectivity index (χ1v) is 9.53. The SMILES string of the molecule is CC(NC(=O)c1ccc(OC2=C(C(=O)O)N3C(=O)[C@H]([C@@H](C)O)[C@H]3S2)cc1)C(N)=O. The Hall–Kier alpha value is -3.05. The highest BCUT2D eigenvalue weighted by atomic mass is 32.2. The maximum absolute atomic E-state index is 12.2. The van der Waals surface area contributed by atoms with Gasteiger partial charge in [-0.3, -0.25) is 19.3 Å².